The van der Waals surface area contributed by atoms with E-state index in [0.29, 0.717) is 17.7 Å². The summed E-state index contributed by atoms with van der Waals surface area (Å²) in [5, 5.41) is 5.67. The van der Waals surface area contributed by atoms with Crippen molar-refractivity contribution in [3.63, 3.8) is 0 Å². The third-order valence-electron chi connectivity index (χ3n) is 3.31. The number of hydrogen-bond donors (Lipinski definition) is 2. The Kier molecular flexibility index (Phi) is 6.35. The molecule has 0 heterocycles. The molecular weight excluding hydrogens is 356 g/mol. The van der Waals surface area contributed by atoms with Gasteiger partial charge in [0.05, 0.1) is 5.69 Å². The topological polar surface area (TPSA) is 58.2 Å². The first-order chi connectivity index (χ1) is 11.1. The molecule has 2 aromatic carbocycles. The van der Waals surface area contributed by atoms with Crippen LogP contribution in [0.1, 0.15) is 36.5 Å². The lowest BCUT2D eigenvalue weighted by atomic mass is 10.1. The normalized spacial score (nSPS) is 10.2. The van der Waals surface area contributed by atoms with E-state index in [1.807, 2.05) is 31.2 Å². The van der Waals surface area contributed by atoms with Crippen molar-refractivity contribution < 1.29 is 9.59 Å². The lowest BCUT2D eigenvalue weighted by Gasteiger charge is -2.08. The van der Waals surface area contributed by atoms with Crippen molar-refractivity contribution in [2.24, 2.45) is 0 Å². The fourth-order valence-corrected chi connectivity index (χ4v) is 2.41. The Morgan fingerprint density at radius 1 is 1.00 bits per heavy atom. The molecule has 5 heteroatoms. The third-order valence-corrected chi connectivity index (χ3v) is 4.00. The number of anilines is 2. The van der Waals surface area contributed by atoms with E-state index >= 15 is 0 Å². The van der Waals surface area contributed by atoms with Gasteiger partial charge in [0.25, 0.3) is 5.91 Å². The summed E-state index contributed by atoms with van der Waals surface area (Å²) in [6, 6.07) is 14.3. The van der Waals surface area contributed by atoms with Gasteiger partial charge in [-0.05, 0) is 58.7 Å². The van der Waals surface area contributed by atoms with Gasteiger partial charge in [0.1, 0.15) is 0 Å². The van der Waals surface area contributed by atoms with Gasteiger partial charge in [0.2, 0.25) is 5.91 Å². The maximum Gasteiger partial charge on any atom is 0.255 e. The van der Waals surface area contributed by atoms with Crippen molar-refractivity contribution in [1.29, 1.82) is 0 Å². The van der Waals surface area contributed by atoms with Crippen molar-refractivity contribution in [2.75, 3.05) is 10.6 Å². The van der Waals surface area contributed by atoms with Crippen LogP contribution >= 0.6 is 15.9 Å². The Hall–Kier alpha value is -2.14. The van der Waals surface area contributed by atoms with Gasteiger partial charge in [-0.2, -0.15) is 0 Å². The Balaban J connectivity index is 1.97. The predicted molar refractivity (Wildman–Crippen MR) is 96.7 cm³/mol. The van der Waals surface area contributed by atoms with Crippen LogP contribution in [0.2, 0.25) is 0 Å². The average molecular weight is 375 g/mol. The molecule has 0 unspecified atom stereocenters. The zero-order valence-corrected chi connectivity index (χ0v) is 14.5. The lowest BCUT2D eigenvalue weighted by molar-refractivity contribution is -0.116. The van der Waals surface area contributed by atoms with Crippen LogP contribution in [0.5, 0.6) is 0 Å². The smallest absolute Gasteiger partial charge is 0.255 e. The molecule has 120 valence electrons. The van der Waals surface area contributed by atoms with Gasteiger partial charge >= 0.3 is 0 Å². The van der Waals surface area contributed by atoms with Crippen molar-refractivity contribution in [3.8, 4) is 0 Å². The Bertz CT molecular complexity index is 684. The summed E-state index contributed by atoms with van der Waals surface area (Å²) in [5.74, 6) is -0.196. The molecule has 2 rings (SSSR count). The van der Waals surface area contributed by atoms with Crippen LogP contribution in [0.15, 0.2) is 53.0 Å². The summed E-state index contributed by atoms with van der Waals surface area (Å²) < 4.78 is 0.827. The van der Waals surface area contributed by atoms with Crippen LogP contribution in [0.4, 0.5) is 11.4 Å². The maximum atomic E-state index is 12.2. The number of carbonyl (C=O) groups excluding carboxylic acids is 2. The molecule has 4 nitrogen and oxygen atoms in total. The molecule has 0 saturated carbocycles. The second-order valence-corrected chi connectivity index (χ2v) is 6.02. The Morgan fingerprint density at radius 3 is 2.35 bits per heavy atom. The van der Waals surface area contributed by atoms with Crippen molar-refractivity contribution in [1.82, 2.24) is 0 Å². The van der Waals surface area contributed by atoms with Crippen LogP contribution < -0.4 is 10.6 Å². The summed E-state index contributed by atoms with van der Waals surface area (Å²) in [4.78, 5) is 23.9. The molecule has 0 bridgehead atoms. The highest BCUT2D eigenvalue weighted by Crippen LogP contribution is 2.22. The maximum absolute atomic E-state index is 12.2. The summed E-state index contributed by atoms with van der Waals surface area (Å²) in [5.41, 5.74) is 1.95. The average Bonchev–Trinajstić information content (AvgIpc) is 2.55. The van der Waals surface area contributed by atoms with Crippen LogP contribution in [-0.2, 0) is 4.79 Å². The fourth-order valence-electron chi connectivity index (χ4n) is 2.02. The van der Waals surface area contributed by atoms with Crippen molar-refractivity contribution in [2.45, 2.75) is 26.2 Å². The number of halogens is 1. The van der Waals surface area contributed by atoms with Crippen LogP contribution in [0.25, 0.3) is 0 Å². The van der Waals surface area contributed by atoms with Gasteiger partial charge in [-0.1, -0.05) is 25.5 Å². The van der Waals surface area contributed by atoms with E-state index < -0.39 is 0 Å². The summed E-state index contributed by atoms with van der Waals surface area (Å²) in [7, 11) is 0. The number of nitrogens with one attached hydrogen (secondary N) is 2. The molecule has 0 aromatic heterocycles. The van der Waals surface area contributed by atoms with E-state index in [9.17, 15) is 9.59 Å². The third kappa shape index (κ3) is 5.21. The minimum absolute atomic E-state index is 0.00253. The highest BCUT2D eigenvalue weighted by atomic mass is 79.9. The number of amides is 2. The zero-order chi connectivity index (χ0) is 16.7. The van der Waals surface area contributed by atoms with Crippen LogP contribution in [0.3, 0.4) is 0 Å². The van der Waals surface area contributed by atoms with E-state index in [1.165, 1.54) is 0 Å². The van der Waals surface area contributed by atoms with Gasteiger partial charge in [-0.3, -0.25) is 9.59 Å². The second kappa shape index (κ2) is 8.48. The molecule has 0 fully saturated rings. The number of benzene rings is 2. The standard InChI is InChI=1S/C18H19BrN2O2/c1-2-3-8-17(22)20-14-11-9-13(10-12-14)18(23)21-16-7-5-4-6-15(16)19/h4-7,9-12H,2-3,8H2,1H3,(H,20,22)(H,21,23). The van der Waals surface area contributed by atoms with E-state index in [1.54, 1.807) is 24.3 Å². The highest BCUT2D eigenvalue weighted by molar-refractivity contribution is 9.10. The molecule has 0 aliphatic rings. The molecular formula is C18H19BrN2O2. The van der Waals surface area contributed by atoms with Gasteiger partial charge in [0, 0.05) is 22.1 Å². The van der Waals surface area contributed by atoms with Gasteiger partial charge in [-0.15, -0.1) is 0 Å². The molecule has 2 aromatic rings. The van der Waals surface area contributed by atoms with Gasteiger partial charge < -0.3 is 10.6 Å². The largest absolute Gasteiger partial charge is 0.326 e. The van der Waals surface area contributed by atoms with E-state index in [-0.39, 0.29) is 11.8 Å². The van der Waals surface area contributed by atoms with Crippen molar-refractivity contribution >= 4 is 39.1 Å². The first-order valence-electron chi connectivity index (χ1n) is 7.56. The van der Waals surface area contributed by atoms with Crippen LogP contribution in [-0.4, -0.2) is 11.8 Å². The quantitative estimate of drug-likeness (QED) is 0.760. The number of para-hydroxylation sites is 1. The first-order valence-corrected chi connectivity index (χ1v) is 8.35. The van der Waals surface area contributed by atoms with Crippen LogP contribution in [0, 0.1) is 0 Å². The zero-order valence-electron chi connectivity index (χ0n) is 12.9. The Labute approximate surface area is 144 Å². The Morgan fingerprint density at radius 2 is 1.70 bits per heavy atom. The first kappa shape index (κ1) is 17.2. The lowest BCUT2D eigenvalue weighted by Crippen LogP contribution is -2.13. The molecule has 2 N–H and O–H groups in total. The molecule has 0 radical (unpaired) electrons. The summed E-state index contributed by atoms with van der Waals surface area (Å²) in [6.45, 7) is 2.05. The van der Waals surface area contributed by atoms with E-state index in [4.69, 9.17) is 0 Å². The molecule has 0 spiro atoms. The number of rotatable bonds is 6. The van der Waals surface area contributed by atoms with Gasteiger partial charge in [0.15, 0.2) is 0 Å². The number of unbranched alkanes of at least 4 members (excludes halogenated alkanes) is 1. The number of carbonyl (C=O) groups is 2. The SMILES string of the molecule is CCCCC(=O)Nc1ccc(C(=O)Nc2ccccc2Br)cc1. The molecule has 2 amide bonds. The second-order valence-electron chi connectivity index (χ2n) is 5.16. The minimum atomic E-state index is -0.194. The van der Waals surface area contributed by atoms with E-state index in [0.717, 1.165) is 23.0 Å². The highest BCUT2D eigenvalue weighted by Gasteiger charge is 2.08. The summed E-state index contributed by atoms with van der Waals surface area (Å²) in [6.07, 6.45) is 2.38. The predicted octanol–water partition coefficient (Wildman–Crippen LogP) is 4.83. The van der Waals surface area contributed by atoms with E-state index in [2.05, 4.69) is 26.6 Å². The minimum Gasteiger partial charge on any atom is -0.326 e. The molecule has 23 heavy (non-hydrogen) atoms. The van der Waals surface area contributed by atoms with Crippen molar-refractivity contribution in [3.05, 3.63) is 58.6 Å². The molecule has 0 atom stereocenters. The number of hydrogen-bond acceptors (Lipinski definition) is 2. The molecule has 0 aliphatic heterocycles. The molecule has 0 aliphatic carbocycles. The molecule has 0 saturated heterocycles. The monoisotopic (exact) mass is 374 g/mol. The fraction of sp³-hybridized carbons (Fsp3) is 0.222. The van der Waals surface area contributed by atoms with Gasteiger partial charge in [-0.25, -0.2) is 0 Å². The summed E-state index contributed by atoms with van der Waals surface area (Å²) >= 11 is 3.39.